The van der Waals surface area contributed by atoms with Gasteiger partial charge >= 0.3 is 0 Å². The maximum atomic E-state index is 13.3. The van der Waals surface area contributed by atoms with Crippen molar-refractivity contribution in [2.24, 2.45) is 12.5 Å². The monoisotopic (exact) mass is 433 g/mol. The summed E-state index contributed by atoms with van der Waals surface area (Å²) in [6, 6.07) is 6.90. The molecule has 0 radical (unpaired) electrons. The van der Waals surface area contributed by atoms with Crippen LogP contribution in [0.5, 0.6) is 0 Å². The Morgan fingerprint density at radius 3 is 2.60 bits per heavy atom. The molecule has 1 atom stereocenters. The fourth-order valence-corrected chi connectivity index (χ4v) is 3.83. The molecule has 7 nitrogen and oxygen atoms in total. The maximum absolute atomic E-state index is 13.3. The van der Waals surface area contributed by atoms with E-state index in [1.807, 2.05) is 22.7 Å². The molecule has 2 aromatic rings. The number of nitrogens with one attached hydrogen (secondary N) is 1. The number of carbonyl (C=O) groups is 2. The van der Waals surface area contributed by atoms with Gasteiger partial charge in [0.05, 0.1) is 0 Å². The standard InChI is InChI=1S/C22H31N5O2.ClH/c1-22(2,3)15-26(5)20(28)16-7-6-8-17(13-16)21(29)27-12-9-23-14-18(27)19-24-10-11-25(19)4;/h6-8,10-11,13,18,23H,9,12,14-15H2,1-5H3;1H. The number of aryl methyl sites for hydroxylation is 1. The molecule has 0 saturated carbocycles. The molecule has 0 spiro atoms. The first-order chi connectivity index (χ1) is 13.7. The number of rotatable bonds is 4. The average Bonchev–Trinajstić information content (AvgIpc) is 3.11. The lowest BCUT2D eigenvalue weighted by atomic mass is 9.96. The molecule has 2 heterocycles. The molecule has 0 bridgehead atoms. The highest BCUT2D eigenvalue weighted by Gasteiger charge is 2.31. The quantitative estimate of drug-likeness (QED) is 0.804. The lowest BCUT2D eigenvalue weighted by Crippen LogP contribution is -2.49. The lowest BCUT2D eigenvalue weighted by Gasteiger charge is -2.36. The first-order valence-corrected chi connectivity index (χ1v) is 10.0. The van der Waals surface area contributed by atoms with Crippen LogP contribution in [0, 0.1) is 5.41 Å². The molecule has 3 rings (SSSR count). The minimum absolute atomic E-state index is 0. The number of aromatic nitrogens is 2. The predicted molar refractivity (Wildman–Crippen MR) is 120 cm³/mol. The van der Waals surface area contributed by atoms with Gasteiger partial charge in [-0.25, -0.2) is 4.98 Å². The molecule has 0 aliphatic carbocycles. The number of benzene rings is 1. The normalized spacial score (nSPS) is 16.7. The van der Waals surface area contributed by atoms with Gasteiger partial charge in [0.15, 0.2) is 0 Å². The molecule has 30 heavy (non-hydrogen) atoms. The van der Waals surface area contributed by atoms with E-state index >= 15 is 0 Å². The van der Waals surface area contributed by atoms with Gasteiger partial charge in [-0.2, -0.15) is 0 Å². The van der Waals surface area contributed by atoms with Crippen molar-refractivity contribution in [2.75, 3.05) is 33.2 Å². The number of carbonyl (C=O) groups excluding carboxylic acids is 2. The largest absolute Gasteiger partial charge is 0.341 e. The molecule has 8 heteroatoms. The average molecular weight is 434 g/mol. The van der Waals surface area contributed by atoms with Crippen LogP contribution in [0.25, 0.3) is 0 Å². The molecule has 1 fully saturated rings. The Bertz CT molecular complexity index is 890. The van der Waals surface area contributed by atoms with Crippen LogP contribution >= 0.6 is 12.4 Å². The van der Waals surface area contributed by atoms with Crippen molar-refractivity contribution in [1.82, 2.24) is 24.7 Å². The third-order valence-corrected chi connectivity index (χ3v) is 5.08. The Morgan fingerprint density at radius 2 is 1.97 bits per heavy atom. The molecule has 1 aliphatic heterocycles. The van der Waals surface area contributed by atoms with Gasteiger partial charge in [-0.1, -0.05) is 26.8 Å². The molecule has 1 aromatic carbocycles. The minimum atomic E-state index is -0.140. The van der Waals surface area contributed by atoms with Crippen molar-refractivity contribution < 1.29 is 9.59 Å². The van der Waals surface area contributed by atoms with Crippen molar-refractivity contribution in [3.8, 4) is 0 Å². The Labute approximate surface area is 184 Å². The van der Waals surface area contributed by atoms with Gasteiger partial charge in [-0.3, -0.25) is 9.59 Å². The summed E-state index contributed by atoms with van der Waals surface area (Å²) in [5, 5.41) is 3.34. The highest BCUT2D eigenvalue weighted by Crippen LogP contribution is 2.23. The lowest BCUT2D eigenvalue weighted by molar-refractivity contribution is 0.0621. The van der Waals surface area contributed by atoms with Crippen molar-refractivity contribution in [1.29, 1.82) is 0 Å². The van der Waals surface area contributed by atoms with Gasteiger partial charge in [-0.15, -0.1) is 12.4 Å². The smallest absolute Gasteiger partial charge is 0.254 e. The van der Waals surface area contributed by atoms with Gasteiger partial charge in [0.25, 0.3) is 11.8 Å². The third-order valence-electron chi connectivity index (χ3n) is 5.08. The molecular weight excluding hydrogens is 402 g/mol. The predicted octanol–water partition coefficient (Wildman–Crippen LogP) is 2.75. The van der Waals surface area contributed by atoms with Crippen LogP contribution in [-0.2, 0) is 7.05 Å². The fourth-order valence-electron chi connectivity index (χ4n) is 3.83. The third kappa shape index (κ3) is 5.40. The summed E-state index contributed by atoms with van der Waals surface area (Å²) in [5.74, 6) is 0.700. The molecule has 1 aromatic heterocycles. The Hall–Kier alpha value is -2.38. The molecule has 1 saturated heterocycles. The number of hydrogen-bond donors (Lipinski definition) is 1. The molecule has 164 valence electrons. The fraction of sp³-hybridized carbons (Fsp3) is 0.500. The number of amides is 2. The molecule has 2 amide bonds. The highest BCUT2D eigenvalue weighted by atomic mass is 35.5. The van der Waals surface area contributed by atoms with Crippen molar-refractivity contribution in [3.05, 3.63) is 53.6 Å². The van der Waals surface area contributed by atoms with Gasteiger partial charge in [0.1, 0.15) is 11.9 Å². The van der Waals surface area contributed by atoms with Gasteiger partial charge in [-0.05, 0) is 23.6 Å². The molecular formula is C22H32ClN5O2. The van der Waals surface area contributed by atoms with Gasteiger partial charge < -0.3 is 19.7 Å². The summed E-state index contributed by atoms with van der Waals surface area (Å²) in [7, 11) is 3.74. The zero-order chi connectivity index (χ0) is 21.2. The van der Waals surface area contributed by atoms with Gasteiger partial charge in [0, 0.05) is 63.8 Å². The molecule has 1 aliphatic rings. The number of hydrogen-bond acceptors (Lipinski definition) is 4. The second kappa shape index (κ2) is 9.62. The maximum Gasteiger partial charge on any atom is 0.254 e. The van der Waals surface area contributed by atoms with Crippen molar-refractivity contribution >= 4 is 24.2 Å². The summed E-state index contributed by atoms with van der Waals surface area (Å²) in [6.07, 6.45) is 3.63. The van der Waals surface area contributed by atoms with Crippen LogP contribution in [0.4, 0.5) is 0 Å². The minimum Gasteiger partial charge on any atom is -0.341 e. The second-order valence-electron chi connectivity index (χ2n) is 8.92. The van der Waals surface area contributed by atoms with Crippen LogP contribution in [0.15, 0.2) is 36.7 Å². The van der Waals surface area contributed by atoms with E-state index in [1.54, 1.807) is 42.4 Å². The van der Waals surface area contributed by atoms with E-state index in [9.17, 15) is 9.59 Å². The Balaban J connectivity index is 0.00000320. The number of piperazine rings is 1. The van der Waals surface area contributed by atoms with Crippen molar-refractivity contribution in [2.45, 2.75) is 26.8 Å². The van der Waals surface area contributed by atoms with E-state index < -0.39 is 0 Å². The first kappa shape index (κ1) is 23.9. The SMILES string of the molecule is CN(CC(C)(C)C)C(=O)c1cccc(C(=O)N2CCNCC2c2nccn2C)c1.Cl. The zero-order valence-electron chi connectivity index (χ0n) is 18.4. The van der Waals surface area contributed by atoms with E-state index in [2.05, 4.69) is 31.1 Å². The summed E-state index contributed by atoms with van der Waals surface area (Å²) in [4.78, 5) is 34.2. The Kier molecular flexibility index (Phi) is 7.66. The van der Waals surface area contributed by atoms with Crippen LogP contribution in [0.2, 0.25) is 0 Å². The van der Waals surface area contributed by atoms with E-state index in [1.165, 1.54) is 0 Å². The zero-order valence-corrected chi connectivity index (χ0v) is 19.2. The van der Waals surface area contributed by atoms with E-state index in [-0.39, 0.29) is 35.7 Å². The van der Waals surface area contributed by atoms with Crippen molar-refractivity contribution in [3.63, 3.8) is 0 Å². The number of nitrogens with zero attached hydrogens (tertiary/aromatic N) is 4. The second-order valence-corrected chi connectivity index (χ2v) is 8.92. The number of imidazole rings is 1. The van der Waals surface area contributed by atoms with Crippen LogP contribution in [-0.4, -0.2) is 64.4 Å². The Morgan fingerprint density at radius 1 is 1.27 bits per heavy atom. The summed E-state index contributed by atoms with van der Waals surface area (Å²) in [6.45, 7) is 8.92. The summed E-state index contributed by atoms with van der Waals surface area (Å²) < 4.78 is 1.94. The van der Waals surface area contributed by atoms with Crippen LogP contribution < -0.4 is 5.32 Å². The highest BCUT2D eigenvalue weighted by molar-refractivity contribution is 5.99. The molecule has 1 N–H and O–H groups in total. The van der Waals surface area contributed by atoms with E-state index in [0.717, 1.165) is 12.4 Å². The summed E-state index contributed by atoms with van der Waals surface area (Å²) in [5.41, 5.74) is 1.07. The van der Waals surface area contributed by atoms with Crippen LogP contribution in [0.1, 0.15) is 53.4 Å². The summed E-state index contributed by atoms with van der Waals surface area (Å²) >= 11 is 0. The molecule has 1 unspecified atom stereocenters. The van der Waals surface area contributed by atoms with Crippen LogP contribution in [0.3, 0.4) is 0 Å². The van der Waals surface area contributed by atoms with E-state index in [0.29, 0.717) is 30.8 Å². The first-order valence-electron chi connectivity index (χ1n) is 10.0. The van der Waals surface area contributed by atoms with E-state index in [4.69, 9.17) is 0 Å². The number of halogens is 1. The van der Waals surface area contributed by atoms with Gasteiger partial charge in [0.2, 0.25) is 0 Å². The topological polar surface area (TPSA) is 70.5 Å².